The second kappa shape index (κ2) is 8.63. The number of nitrogens with one attached hydrogen (secondary N) is 1. The fraction of sp³-hybridized carbons (Fsp3) is 0.400. The molecule has 0 aliphatic carbocycles. The maximum atomic E-state index is 13.0. The number of carbonyl (C=O) groups excluding carboxylic acids is 1. The Bertz CT molecular complexity index is 890. The highest BCUT2D eigenvalue weighted by atomic mass is 32.2. The van der Waals surface area contributed by atoms with Crippen molar-refractivity contribution in [3.05, 3.63) is 59.4 Å². The van der Waals surface area contributed by atoms with Crippen LogP contribution in [-0.2, 0) is 16.6 Å². The van der Waals surface area contributed by atoms with Gasteiger partial charge in [0.25, 0.3) is 5.91 Å². The summed E-state index contributed by atoms with van der Waals surface area (Å²) in [6.45, 7) is 3.26. The Hall–Kier alpha value is -2.25. The third kappa shape index (κ3) is 4.73. The summed E-state index contributed by atoms with van der Waals surface area (Å²) < 4.78 is 27.5. The lowest BCUT2D eigenvalue weighted by Gasteiger charge is -2.20. The minimum absolute atomic E-state index is 0.184. The van der Waals surface area contributed by atoms with Gasteiger partial charge in [-0.15, -0.1) is 0 Å². The van der Waals surface area contributed by atoms with Crippen molar-refractivity contribution in [1.82, 2.24) is 14.6 Å². The molecule has 2 aromatic rings. The molecule has 0 spiro atoms. The van der Waals surface area contributed by atoms with Crippen molar-refractivity contribution in [1.29, 1.82) is 0 Å². The molecular formula is C20H25N3O3S. The predicted molar refractivity (Wildman–Crippen MR) is 104 cm³/mol. The number of pyridine rings is 1. The average Bonchev–Trinajstić information content (AvgIpc) is 2.97. The molecule has 3 rings (SSSR count). The molecule has 27 heavy (non-hydrogen) atoms. The van der Waals surface area contributed by atoms with Crippen LogP contribution in [0.25, 0.3) is 0 Å². The van der Waals surface area contributed by atoms with Gasteiger partial charge in [-0.05, 0) is 55.2 Å². The average molecular weight is 388 g/mol. The highest BCUT2D eigenvalue weighted by molar-refractivity contribution is 7.89. The first kappa shape index (κ1) is 19.5. The van der Waals surface area contributed by atoms with Gasteiger partial charge in [-0.3, -0.25) is 9.78 Å². The molecule has 0 unspecified atom stereocenters. The molecule has 7 heteroatoms. The number of hydrogen-bond acceptors (Lipinski definition) is 4. The van der Waals surface area contributed by atoms with E-state index in [1.54, 1.807) is 28.8 Å². The van der Waals surface area contributed by atoms with E-state index in [2.05, 4.69) is 10.3 Å². The van der Waals surface area contributed by atoms with Crippen LogP contribution in [0.4, 0.5) is 0 Å². The molecule has 0 radical (unpaired) electrons. The zero-order chi connectivity index (χ0) is 19.3. The monoisotopic (exact) mass is 387 g/mol. The second-order valence-corrected chi connectivity index (χ2v) is 8.77. The summed E-state index contributed by atoms with van der Waals surface area (Å²) in [5, 5.41) is 2.85. The zero-order valence-corrected chi connectivity index (χ0v) is 16.3. The van der Waals surface area contributed by atoms with Crippen molar-refractivity contribution in [3.8, 4) is 0 Å². The van der Waals surface area contributed by atoms with Crippen LogP contribution in [0.15, 0.2) is 47.6 Å². The van der Waals surface area contributed by atoms with Crippen molar-refractivity contribution in [2.75, 3.05) is 13.1 Å². The maximum absolute atomic E-state index is 13.0. The van der Waals surface area contributed by atoms with E-state index in [0.29, 0.717) is 25.2 Å². The zero-order valence-electron chi connectivity index (χ0n) is 15.5. The second-order valence-electron chi connectivity index (χ2n) is 6.83. The molecule has 1 fully saturated rings. The fourth-order valence-electron chi connectivity index (χ4n) is 3.22. The lowest BCUT2D eigenvalue weighted by atomic mass is 10.1. The van der Waals surface area contributed by atoms with E-state index < -0.39 is 10.0 Å². The topological polar surface area (TPSA) is 79.4 Å². The number of sulfonamides is 1. The number of nitrogens with zero attached hydrogens (tertiary/aromatic N) is 2. The Labute approximate surface area is 160 Å². The molecule has 1 saturated heterocycles. The van der Waals surface area contributed by atoms with Gasteiger partial charge in [0.05, 0.1) is 4.90 Å². The molecule has 2 heterocycles. The van der Waals surface area contributed by atoms with Crippen molar-refractivity contribution in [2.45, 2.75) is 44.0 Å². The first-order valence-corrected chi connectivity index (χ1v) is 10.7. The van der Waals surface area contributed by atoms with Gasteiger partial charge in [0, 0.05) is 37.6 Å². The Morgan fingerprint density at radius 3 is 2.41 bits per heavy atom. The summed E-state index contributed by atoms with van der Waals surface area (Å²) in [7, 11) is -3.58. The van der Waals surface area contributed by atoms with Crippen LogP contribution in [-0.4, -0.2) is 36.7 Å². The van der Waals surface area contributed by atoms with E-state index in [0.717, 1.165) is 36.8 Å². The van der Waals surface area contributed by atoms with Gasteiger partial charge in [0.2, 0.25) is 10.0 Å². The molecule has 0 bridgehead atoms. The van der Waals surface area contributed by atoms with Gasteiger partial charge in [-0.1, -0.05) is 18.9 Å². The minimum Gasteiger partial charge on any atom is -0.348 e. The maximum Gasteiger partial charge on any atom is 0.251 e. The number of hydrogen-bond donors (Lipinski definition) is 1. The number of benzene rings is 1. The summed E-state index contributed by atoms with van der Waals surface area (Å²) in [5.41, 5.74) is 2.07. The minimum atomic E-state index is -3.58. The lowest BCUT2D eigenvalue weighted by Crippen LogP contribution is -2.32. The molecule has 1 aromatic carbocycles. The van der Waals surface area contributed by atoms with Gasteiger partial charge in [-0.2, -0.15) is 4.31 Å². The third-order valence-corrected chi connectivity index (χ3v) is 6.75. The number of aromatic nitrogens is 1. The molecule has 1 aromatic heterocycles. The molecule has 1 aliphatic heterocycles. The van der Waals surface area contributed by atoms with E-state index in [1.807, 2.05) is 19.1 Å². The first-order chi connectivity index (χ1) is 13.0. The molecule has 0 saturated carbocycles. The summed E-state index contributed by atoms with van der Waals surface area (Å²) in [5.74, 6) is -0.280. The first-order valence-electron chi connectivity index (χ1n) is 9.26. The fourth-order valence-corrected chi connectivity index (χ4v) is 4.76. The van der Waals surface area contributed by atoms with E-state index in [1.165, 1.54) is 6.07 Å². The molecule has 1 N–H and O–H groups in total. The van der Waals surface area contributed by atoms with Crippen molar-refractivity contribution >= 4 is 15.9 Å². The molecule has 6 nitrogen and oxygen atoms in total. The number of rotatable bonds is 5. The van der Waals surface area contributed by atoms with Gasteiger partial charge in [0.1, 0.15) is 0 Å². The van der Waals surface area contributed by atoms with E-state index in [4.69, 9.17) is 0 Å². The van der Waals surface area contributed by atoms with Crippen LogP contribution in [0.2, 0.25) is 0 Å². The standard InChI is InChI=1S/C20H25N3O3S/c1-16-6-7-18(27(25,26)23-12-4-2-3-5-13-23)14-19(16)20(24)22-15-17-8-10-21-11-9-17/h6-11,14H,2-5,12-13,15H2,1H3,(H,22,24). The van der Waals surface area contributed by atoms with Gasteiger partial charge < -0.3 is 5.32 Å². The Morgan fingerprint density at radius 1 is 1.07 bits per heavy atom. The van der Waals surface area contributed by atoms with Crippen molar-refractivity contribution in [2.24, 2.45) is 0 Å². The summed E-state index contributed by atoms with van der Waals surface area (Å²) >= 11 is 0. The van der Waals surface area contributed by atoms with Gasteiger partial charge in [0.15, 0.2) is 0 Å². The van der Waals surface area contributed by atoms with E-state index in [9.17, 15) is 13.2 Å². The molecule has 0 atom stereocenters. The van der Waals surface area contributed by atoms with Crippen LogP contribution in [0, 0.1) is 6.92 Å². The normalized spacial score (nSPS) is 15.9. The van der Waals surface area contributed by atoms with Crippen molar-refractivity contribution < 1.29 is 13.2 Å². The number of amides is 1. The molecule has 144 valence electrons. The highest BCUT2D eigenvalue weighted by Crippen LogP contribution is 2.22. The van der Waals surface area contributed by atoms with Crippen LogP contribution in [0.3, 0.4) is 0 Å². The summed E-state index contributed by atoms with van der Waals surface area (Å²) in [6, 6.07) is 8.44. The van der Waals surface area contributed by atoms with Gasteiger partial charge >= 0.3 is 0 Å². The molecule has 1 amide bonds. The quantitative estimate of drug-likeness (QED) is 0.856. The lowest BCUT2D eigenvalue weighted by molar-refractivity contribution is 0.0950. The summed E-state index contributed by atoms with van der Waals surface area (Å²) in [6.07, 6.45) is 7.21. The number of carbonyl (C=O) groups is 1. The Balaban J connectivity index is 1.79. The molecular weight excluding hydrogens is 362 g/mol. The molecule has 1 aliphatic rings. The number of aryl methyl sites for hydroxylation is 1. The largest absolute Gasteiger partial charge is 0.348 e. The smallest absolute Gasteiger partial charge is 0.251 e. The highest BCUT2D eigenvalue weighted by Gasteiger charge is 2.26. The SMILES string of the molecule is Cc1ccc(S(=O)(=O)N2CCCCCC2)cc1C(=O)NCc1ccncc1. The summed E-state index contributed by atoms with van der Waals surface area (Å²) in [4.78, 5) is 16.7. The van der Waals surface area contributed by atoms with Crippen LogP contribution in [0.5, 0.6) is 0 Å². The van der Waals surface area contributed by atoms with E-state index in [-0.39, 0.29) is 10.8 Å². The predicted octanol–water partition coefficient (Wildman–Crippen LogP) is 2.88. The third-order valence-electron chi connectivity index (χ3n) is 4.86. The Morgan fingerprint density at radius 2 is 1.74 bits per heavy atom. The van der Waals surface area contributed by atoms with Crippen LogP contribution >= 0.6 is 0 Å². The van der Waals surface area contributed by atoms with Crippen LogP contribution < -0.4 is 5.32 Å². The van der Waals surface area contributed by atoms with Crippen LogP contribution in [0.1, 0.15) is 47.2 Å². The van der Waals surface area contributed by atoms with Crippen molar-refractivity contribution in [3.63, 3.8) is 0 Å². The van der Waals surface area contributed by atoms with E-state index >= 15 is 0 Å². The Kier molecular flexibility index (Phi) is 6.23. The van der Waals surface area contributed by atoms with Gasteiger partial charge in [-0.25, -0.2) is 8.42 Å².